The normalized spacial score (nSPS) is 16.8. The quantitative estimate of drug-likeness (QED) is 0.756. The number of rotatable bonds is 7. The maximum atomic E-state index is 9.73. The largest absolute Gasteiger partial charge is 0.491 e. The fourth-order valence-corrected chi connectivity index (χ4v) is 1.73. The molecule has 0 heterocycles. The van der Waals surface area contributed by atoms with E-state index in [1.54, 1.807) is 0 Å². The summed E-state index contributed by atoms with van der Waals surface area (Å²) in [6.07, 6.45) is 2.24. The molecule has 3 nitrogen and oxygen atoms in total. The van der Waals surface area contributed by atoms with Gasteiger partial charge in [-0.05, 0) is 49.9 Å². The number of aliphatic hydroxyl groups excluding tert-OH is 1. The minimum Gasteiger partial charge on any atom is -0.491 e. The van der Waals surface area contributed by atoms with Crippen molar-refractivity contribution >= 4 is 0 Å². The SMILES string of the molecule is Cc1cccc(OCC(O)CNCC2CC2)c1. The lowest BCUT2D eigenvalue weighted by Gasteiger charge is -2.13. The van der Waals surface area contributed by atoms with E-state index in [2.05, 4.69) is 5.32 Å². The van der Waals surface area contributed by atoms with Crippen LogP contribution in [0.25, 0.3) is 0 Å². The predicted octanol–water partition coefficient (Wildman–Crippen LogP) is 1.73. The first-order valence-electron chi connectivity index (χ1n) is 6.32. The highest BCUT2D eigenvalue weighted by Gasteiger charge is 2.20. The Bertz CT molecular complexity index is 350. The summed E-state index contributed by atoms with van der Waals surface area (Å²) in [4.78, 5) is 0. The molecule has 1 aromatic carbocycles. The Labute approximate surface area is 103 Å². The van der Waals surface area contributed by atoms with E-state index in [4.69, 9.17) is 4.74 Å². The Morgan fingerprint density at radius 1 is 1.47 bits per heavy atom. The van der Waals surface area contributed by atoms with Gasteiger partial charge in [-0.25, -0.2) is 0 Å². The molecule has 0 radical (unpaired) electrons. The summed E-state index contributed by atoms with van der Waals surface area (Å²) in [5, 5.41) is 13.0. The topological polar surface area (TPSA) is 41.5 Å². The Balaban J connectivity index is 1.62. The van der Waals surface area contributed by atoms with Crippen LogP contribution in [0.4, 0.5) is 0 Å². The third-order valence-electron chi connectivity index (χ3n) is 2.94. The van der Waals surface area contributed by atoms with Gasteiger partial charge in [-0.1, -0.05) is 12.1 Å². The molecular weight excluding hydrogens is 214 g/mol. The molecule has 0 aromatic heterocycles. The number of hydrogen-bond acceptors (Lipinski definition) is 3. The van der Waals surface area contributed by atoms with Crippen molar-refractivity contribution in [3.63, 3.8) is 0 Å². The second-order valence-electron chi connectivity index (χ2n) is 4.88. The summed E-state index contributed by atoms with van der Waals surface area (Å²) in [6.45, 7) is 4.02. The van der Waals surface area contributed by atoms with Gasteiger partial charge in [0.05, 0.1) is 0 Å². The van der Waals surface area contributed by atoms with E-state index in [0.29, 0.717) is 13.2 Å². The van der Waals surface area contributed by atoms with Gasteiger partial charge >= 0.3 is 0 Å². The van der Waals surface area contributed by atoms with Crippen LogP contribution >= 0.6 is 0 Å². The van der Waals surface area contributed by atoms with Crippen molar-refractivity contribution in [2.45, 2.75) is 25.9 Å². The molecule has 1 fully saturated rings. The number of aryl methyl sites for hydroxylation is 1. The minimum absolute atomic E-state index is 0.348. The average molecular weight is 235 g/mol. The smallest absolute Gasteiger partial charge is 0.119 e. The Morgan fingerprint density at radius 2 is 2.29 bits per heavy atom. The van der Waals surface area contributed by atoms with Gasteiger partial charge in [0.1, 0.15) is 18.5 Å². The molecule has 17 heavy (non-hydrogen) atoms. The number of aliphatic hydroxyl groups is 1. The molecule has 1 atom stereocenters. The molecular formula is C14H21NO2. The van der Waals surface area contributed by atoms with Crippen molar-refractivity contribution in [2.24, 2.45) is 5.92 Å². The third kappa shape index (κ3) is 4.75. The van der Waals surface area contributed by atoms with Gasteiger partial charge < -0.3 is 15.2 Å². The Hall–Kier alpha value is -1.06. The zero-order valence-corrected chi connectivity index (χ0v) is 10.4. The van der Waals surface area contributed by atoms with E-state index in [9.17, 15) is 5.11 Å². The van der Waals surface area contributed by atoms with Crippen molar-refractivity contribution in [1.82, 2.24) is 5.32 Å². The van der Waals surface area contributed by atoms with Crippen LogP contribution < -0.4 is 10.1 Å². The number of benzene rings is 1. The molecule has 94 valence electrons. The van der Waals surface area contributed by atoms with Crippen molar-refractivity contribution in [3.8, 4) is 5.75 Å². The van der Waals surface area contributed by atoms with Crippen molar-refractivity contribution in [2.75, 3.05) is 19.7 Å². The molecule has 0 saturated heterocycles. The minimum atomic E-state index is -0.436. The van der Waals surface area contributed by atoms with Crippen LogP contribution in [-0.2, 0) is 0 Å². The highest BCUT2D eigenvalue weighted by atomic mass is 16.5. The highest BCUT2D eigenvalue weighted by molar-refractivity contribution is 5.27. The summed E-state index contributed by atoms with van der Waals surface area (Å²) in [5.41, 5.74) is 1.17. The fourth-order valence-electron chi connectivity index (χ4n) is 1.73. The van der Waals surface area contributed by atoms with Crippen LogP contribution in [0, 0.1) is 12.8 Å². The second-order valence-corrected chi connectivity index (χ2v) is 4.88. The van der Waals surface area contributed by atoms with Crippen LogP contribution in [0.5, 0.6) is 5.75 Å². The van der Waals surface area contributed by atoms with Gasteiger partial charge in [0.25, 0.3) is 0 Å². The van der Waals surface area contributed by atoms with Crippen LogP contribution in [0.1, 0.15) is 18.4 Å². The van der Waals surface area contributed by atoms with Gasteiger partial charge in [-0.3, -0.25) is 0 Å². The molecule has 1 aliphatic carbocycles. The van der Waals surface area contributed by atoms with E-state index in [-0.39, 0.29) is 0 Å². The average Bonchev–Trinajstić information content (AvgIpc) is 3.11. The monoisotopic (exact) mass is 235 g/mol. The van der Waals surface area contributed by atoms with E-state index in [1.165, 1.54) is 18.4 Å². The lowest BCUT2D eigenvalue weighted by molar-refractivity contribution is 0.106. The summed E-state index contributed by atoms with van der Waals surface area (Å²) in [7, 11) is 0. The molecule has 1 unspecified atom stereocenters. The molecule has 1 saturated carbocycles. The number of hydrogen-bond donors (Lipinski definition) is 2. The Morgan fingerprint density at radius 3 is 3.00 bits per heavy atom. The van der Waals surface area contributed by atoms with E-state index in [0.717, 1.165) is 18.2 Å². The molecule has 3 heteroatoms. The third-order valence-corrected chi connectivity index (χ3v) is 2.94. The summed E-state index contributed by atoms with van der Waals surface area (Å²) in [5.74, 6) is 1.67. The van der Waals surface area contributed by atoms with Crippen molar-refractivity contribution < 1.29 is 9.84 Å². The zero-order valence-electron chi connectivity index (χ0n) is 10.4. The molecule has 2 rings (SSSR count). The molecule has 0 amide bonds. The van der Waals surface area contributed by atoms with Crippen molar-refractivity contribution in [1.29, 1.82) is 0 Å². The fraction of sp³-hybridized carbons (Fsp3) is 0.571. The summed E-state index contributed by atoms with van der Waals surface area (Å²) >= 11 is 0. The van der Waals surface area contributed by atoms with Crippen LogP contribution in [0.15, 0.2) is 24.3 Å². The van der Waals surface area contributed by atoms with Gasteiger partial charge in [0, 0.05) is 6.54 Å². The lowest BCUT2D eigenvalue weighted by atomic mass is 10.2. The first-order chi connectivity index (χ1) is 8.24. The van der Waals surface area contributed by atoms with E-state index in [1.807, 2.05) is 31.2 Å². The van der Waals surface area contributed by atoms with Crippen molar-refractivity contribution in [3.05, 3.63) is 29.8 Å². The highest BCUT2D eigenvalue weighted by Crippen LogP contribution is 2.27. The van der Waals surface area contributed by atoms with Gasteiger partial charge in [0.15, 0.2) is 0 Å². The zero-order chi connectivity index (χ0) is 12.1. The van der Waals surface area contributed by atoms with Crippen LogP contribution in [0.3, 0.4) is 0 Å². The number of ether oxygens (including phenoxy) is 1. The summed E-state index contributed by atoms with van der Waals surface area (Å²) < 4.78 is 5.53. The maximum Gasteiger partial charge on any atom is 0.119 e. The van der Waals surface area contributed by atoms with Gasteiger partial charge in [0.2, 0.25) is 0 Å². The van der Waals surface area contributed by atoms with Crippen LogP contribution in [-0.4, -0.2) is 30.9 Å². The number of nitrogens with one attached hydrogen (secondary N) is 1. The van der Waals surface area contributed by atoms with E-state index >= 15 is 0 Å². The molecule has 2 N–H and O–H groups in total. The predicted molar refractivity (Wildman–Crippen MR) is 68.3 cm³/mol. The molecule has 1 aliphatic rings. The second kappa shape index (κ2) is 6.03. The van der Waals surface area contributed by atoms with Gasteiger partial charge in [-0.2, -0.15) is 0 Å². The lowest BCUT2D eigenvalue weighted by Crippen LogP contribution is -2.32. The van der Waals surface area contributed by atoms with Gasteiger partial charge in [-0.15, -0.1) is 0 Å². The van der Waals surface area contributed by atoms with E-state index < -0.39 is 6.10 Å². The Kier molecular flexibility index (Phi) is 4.40. The summed E-state index contributed by atoms with van der Waals surface area (Å²) in [6, 6.07) is 7.88. The molecule has 0 bridgehead atoms. The maximum absolute atomic E-state index is 9.73. The standard InChI is InChI=1S/C14H21NO2/c1-11-3-2-4-14(7-11)17-10-13(16)9-15-8-12-5-6-12/h2-4,7,12-13,15-16H,5-6,8-10H2,1H3. The first-order valence-corrected chi connectivity index (χ1v) is 6.32. The molecule has 0 spiro atoms. The van der Waals surface area contributed by atoms with Crippen LogP contribution in [0.2, 0.25) is 0 Å². The molecule has 0 aliphatic heterocycles. The first kappa shape index (κ1) is 12.4. The molecule has 1 aromatic rings.